The molecule has 0 bridgehead atoms. The van der Waals surface area contributed by atoms with Gasteiger partial charge in [0.1, 0.15) is 11.6 Å². The largest absolute Gasteiger partial charge is 0.496 e. The first-order valence-electron chi connectivity index (χ1n) is 6.60. The lowest BCUT2D eigenvalue weighted by atomic mass is 10.1. The van der Waals surface area contributed by atoms with Crippen molar-refractivity contribution in [2.24, 2.45) is 5.92 Å². The summed E-state index contributed by atoms with van der Waals surface area (Å²) in [6.07, 6.45) is 2.41. The molecule has 5 nitrogen and oxygen atoms in total. The summed E-state index contributed by atoms with van der Waals surface area (Å²) in [5.41, 5.74) is 0. The van der Waals surface area contributed by atoms with Gasteiger partial charge < -0.3 is 14.7 Å². The average Bonchev–Trinajstić information content (AvgIpc) is 2.95. The van der Waals surface area contributed by atoms with Crippen molar-refractivity contribution in [3.63, 3.8) is 0 Å². The molecule has 1 saturated heterocycles. The fourth-order valence-electron chi connectivity index (χ4n) is 2.75. The quantitative estimate of drug-likeness (QED) is 0.927. The maximum Gasteiger partial charge on any atom is 0.308 e. The van der Waals surface area contributed by atoms with Crippen molar-refractivity contribution in [1.82, 2.24) is 4.98 Å². The Morgan fingerprint density at radius 2 is 2.25 bits per heavy atom. The molecule has 3 rings (SSSR count). The Bertz CT molecular complexity index is 657. The molecular weight excluding hydrogens is 256 g/mol. The van der Waals surface area contributed by atoms with Crippen molar-refractivity contribution in [3.05, 3.63) is 30.5 Å². The van der Waals surface area contributed by atoms with Crippen LogP contribution in [0.4, 0.5) is 5.82 Å². The van der Waals surface area contributed by atoms with Crippen LogP contribution in [0.15, 0.2) is 30.5 Å². The van der Waals surface area contributed by atoms with Crippen molar-refractivity contribution in [2.75, 3.05) is 25.1 Å². The summed E-state index contributed by atoms with van der Waals surface area (Å²) < 4.78 is 5.36. The molecule has 104 valence electrons. The van der Waals surface area contributed by atoms with Gasteiger partial charge in [-0.25, -0.2) is 4.98 Å². The zero-order valence-corrected chi connectivity index (χ0v) is 11.2. The van der Waals surface area contributed by atoms with E-state index in [0.29, 0.717) is 13.0 Å². The van der Waals surface area contributed by atoms with Crippen molar-refractivity contribution in [3.8, 4) is 5.75 Å². The van der Waals surface area contributed by atoms with Crippen molar-refractivity contribution < 1.29 is 14.6 Å². The number of carbonyl (C=O) groups is 1. The smallest absolute Gasteiger partial charge is 0.308 e. The molecule has 1 aliphatic rings. The number of aliphatic carboxylic acids is 1. The summed E-state index contributed by atoms with van der Waals surface area (Å²) >= 11 is 0. The van der Waals surface area contributed by atoms with Crippen LogP contribution in [0.2, 0.25) is 0 Å². The SMILES string of the molecule is COc1cccc2c(N3CCC(C(=O)O)C3)nccc12. The number of hydrogen-bond acceptors (Lipinski definition) is 4. The minimum atomic E-state index is -0.731. The minimum absolute atomic E-state index is 0.308. The third-order valence-electron chi connectivity index (χ3n) is 3.80. The summed E-state index contributed by atoms with van der Waals surface area (Å²) in [5, 5.41) is 11.1. The highest BCUT2D eigenvalue weighted by atomic mass is 16.5. The van der Waals surface area contributed by atoms with E-state index in [2.05, 4.69) is 4.98 Å². The zero-order chi connectivity index (χ0) is 14.1. The number of aromatic nitrogens is 1. The van der Waals surface area contributed by atoms with Crippen molar-refractivity contribution in [2.45, 2.75) is 6.42 Å². The number of rotatable bonds is 3. The third kappa shape index (κ3) is 2.05. The van der Waals surface area contributed by atoms with Crippen molar-refractivity contribution >= 4 is 22.6 Å². The molecule has 2 aromatic rings. The van der Waals surface area contributed by atoms with Crippen molar-refractivity contribution in [1.29, 1.82) is 0 Å². The van der Waals surface area contributed by atoms with E-state index in [1.807, 2.05) is 29.2 Å². The van der Waals surface area contributed by atoms with Crippen LogP contribution in [0, 0.1) is 5.92 Å². The molecule has 0 saturated carbocycles. The van der Waals surface area contributed by atoms with Crippen LogP contribution in [0.5, 0.6) is 5.75 Å². The van der Waals surface area contributed by atoms with Crippen LogP contribution in [-0.2, 0) is 4.79 Å². The van der Waals surface area contributed by atoms with E-state index in [4.69, 9.17) is 9.84 Å². The predicted molar refractivity (Wildman–Crippen MR) is 76.3 cm³/mol. The number of nitrogens with zero attached hydrogens (tertiary/aromatic N) is 2. The van der Waals surface area contributed by atoms with E-state index in [1.165, 1.54) is 0 Å². The molecule has 2 heterocycles. The molecule has 1 aromatic heterocycles. The normalized spacial score (nSPS) is 18.4. The van der Waals surface area contributed by atoms with Gasteiger partial charge in [0.2, 0.25) is 0 Å². The molecule has 1 aromatic carbocycles. The number of carboxylic acid groups (broad SMARTS) is 1. The molecule has 0 amide bonds. The van der Waals surface area contributed by atoms with Gasteiger partial charge in [-0.05, 0) is 18.6 Å². The molecule has 1 aliphatic heterocycles. The highest BCUT2D eigenvalue weighted by molar-refractivity contribution is 5.96. The summed E-state index contributed by atoms with van der Waals surface area (Å²) in [6, 6.07) is 7.75. The molecule has 0 aliphatic carbocycles. The standard InChI is InChI=1S/C15H16N2O3/c1-20-13-4-2-3-12-11(13)5-7-16-14(12)17-8-6-10(9-17)15(18)19/h2-5,7,10H,6,8-9H2,1H3,(H,18,19). The minimum Gasteiger partial charge on any atom is -0.496 e. The molecule has 20 heavy (non-hydrogen) atoms. The van der Waals surface area contributed by atoms with E-state index in [1.54, 1.807) is 13.3 Å². The third-order valence-corrected chi connectivity index (χ3v) is 3.80. The summed E-state index contributed by atoms with van der Waals surface area (Å²) in [7, 11) is 1.64. The summed E-state index contributed by atoms with van der Waals surface area (Å²) in [4.78, 5) is 17.6. The monoisotopic (exact) mass is 272 g/mol. The van der Waals surface area contributed by atoms with Crippen LogP contribution in [0.1, 0.15) is 6.42 Å². The Morgan fingerprint density at radius 3 is 2.95 bits per heavy atom. The Hall–Kier alpha value is -2.30. The van der Waals surface area contributed by atoms with E-state index in [-0.39, 0.29) is 5.92 Å². The number of carboxylic acids is 1. The number of anilines is 1. The van der Waals surface area contributed by atoms with Gasteiger partial charge in [-0.2, -0.15) is 0 Å². The lowest BCUT2D eigenvalue weighted by molar-refractivity contribution is -0.140. The van der Waals surface area contributed by atoms with E-state index >= 15 is 0 Å². The first-order valence-corrected chi connectivity index (χ1v) is 6.60. The first-order chi connectivity index (χ1) is 9.70. The summed E-state index contributed by atoms with van der Waals surface area (Å²) in [5.74, 6) is 0.605. The number of methoxy groups -OCH3 is 1. The van der Waals surface area contributed by atoms with E-state index in [0.717, 1.165) is 28.9 Å². The molecule has 5 heteroatoms. The van der Waals surface area contributed by atoms with Gasteiger partial charge >= 0.3 is 5.97 Å². The highest BCUT2D eigenvalue weighted by Gasteiger charge is 2.29. The Balaban J connectivity index is 2.03. The van der Waals surface area contributed by atoms with E-state index < -0.39 is 5.97 Å². The fourth-order valence-corrected chi connectivity index (χ4v) is 2.75. The van der Waals surface area contributed by atoms with Gasteiger partial charge in [0.05, 0.1) is 13.0 Å². The topological polar surface area (TPSA) is 62.7 Å². The van der Waals surface area contributed by atoms with Crippen LogP contribution in [-0.4, -0.2) is 36.3 Å². The van der Waals surface area contributed by atoms with Crippen LogP contribution < -0.4 is 9.64 Å². The van der Waals surface area contributed by atoms with Gasteiger partial charge in [-0.3, -0.25) is 4.79 Å². The molecule has 1 unspecified atom stereocenters. The second kappa shape index (κ2) is 5.00. The Kier molecular flexibility index (Phi) is 3.18. The first kappa shape index (κ1) is 12.7. The van der Waals surface area contributed by atoms with Gasteiger partial charge in [0, 0.05) is 30.1 Å². The molecular formula is C15H16N2O3. The molecule has 1 N–H and O–H groups in total. The number of pyridine rings is 1. The Labute approximate surface area is 116 Å². The molecule has 0 spiro atoms. The number of benzene rings is 1. The molecule has 0 radical (unpaired) electrons. The second-order valence-corrected chi connectivity index (χ2v) is 4.96. The average molecular weight is 272 g/mol. The number of fused-ring (bicyclic) bond motifs is 1. The van der Waals surface area contributed by atoms with Crippen LogP contribution >= 0.6 is 0 Å². The Morgan fingerprint density at radius 1 is 1.40 bits per heavy atom. The zero-order valence-electron chi connectivity index (χ0n) is 11.2. The van der Waals surface area contributed by atoms with Gasteiger partial charge in [-0.1, -0.05) is 12.1 Å². The van der Waals surface area contributed by atoms with Crippen LogP contribution in [0.25, 0.3) is 10.8 Å². The lowest BCUT2D eigenvalue weighted by Gasteiger charge is -2.19. The highest BCUT2D eigenvalue weighted by Crippen LogP contribution is 2.33. The number of hydrogen-bond donors (Lipinski definition) is 1. The lowest BCUT2D eigenvalue weighted by Crippen LogP contribution is -2.23. The molecule has 1 atom stereocenters. The maximum atomic E-state index is 11.1. The second-order valence-electron chi connectivity index (χ2n) is 4.96. The van der Waals surface area contributed by atoms with Gasteiger partial charge in [0.25, 0.3) is 0 Å². The van der Waals surface area contributed by atoms with E-state index in [9.17, 15) is 4.79 Å². The predicted octanol–water partition coefficient (Wildman–Crippen LogP) is 2.15. The summed E-state index contributed by atoms with van der Waals surface area (Å²) in [6.45, 7) is 1.24. The van der Waals surface area contributed by atoms with Gasteiger partial charge in [0.15, 0.2) is 0 Å². The van der Waals surface area contributed by atoms with Gasteiger partial charge in [-0.15, -0.1) is 0 Å². The maximum absolute atomic E-state index is 11.1. The van der Waals surface area contributed by atoms with Crippen LogP contribution in [0.3, 0.4) is 0 Å². The fraction of sp³-hybridized carbons (Fsp3) is 0.333. The molecule has 1 fully saturated rings. The number of ether oxygens (including phenoxy) is 1.